The van der Waals surface area contributed by atoms with Crippen molar-refractivity contribution in [1.82, 2.24) is 5.32 Å². The number of rotatable bonds is 19. The first-order valence-electron chi connectivity index (χ1n) is 13.1. The van der Waals surface area contributed by atoms with Gasteiger partial charge in [-0.3, -0.25) is 9.59 Å². The van der Waals surface area contributed by atoms with Gasteiger partial charge in [-0.2, -0.15) is 0 Å². The smallest absolute Gasteiger partial charge is 0.412 e. The van der Waals surface area contributed by atoms with Gasteiger partial charge in [0.05, 0.1) is 13.0 Å². The summed E-state index contributed by atoms with van der Waals surface area (Å²) < 4.78 is 15.8. The van der Waals surface area contributed by atoms with Gasteiger partial charge in [-0.15, -0.1) is 10.1 Å². The second kappa shape index (κ2) is 18.2. The molecule has 0 saturated carbocycles. The molecule has 0 fully saturated rings. The molecule has 0 aromatic heterocycles. The van der Waals surface area contributed by atoms with E-state index in [1.807, 2.05) is 24.3 Å². The minimum absolute atomic E-state index is 0.00844. The highest BCUT2D eigenvalue weighted by Gasteiger charge is 2.17. The number of carbonyl (C=O) groups is 3. The van der Waals surface area contributed by atoms with Gasteiger partial charge in [-0.25, -0.2) is 4.79 Å². The van der Waals surface area contributed by atoms with Crippen LogP contribution in [0.15, 0.2) is 48.5 Å². The first-order valence-corrected chi connectivity index (χ1v) is 13.1. The van der Waals surface area contributed by atoms with E-state index in [4.69, 9.17) is 14.2 Å². The Morgan fingerprint density at radius 2 is 1.64 bits per heavy atom. The first-order chi connectivity index (χ1) is 18.9. The lowest BCUT2D eigenvalue weighted by atomic mass is 10.1. The minimum atomic E-state index is -0.831. The lowest BCUT2D eigenvalue weighted by molar-refractivity contribution is -0.757. The van der Waals surface area contributed by atoms with Gasteiger partial charge >= 0.3 is 12.1 Å². The Bertz CT molecular complexity index is 1060. The highest BCUT2D eigenvalue weighted by Crippen LogP contribution is 2.18. The number of benzene rings is 2. The lowest BCUT2D eigenvalue weighted by Gasteiger charge is -2.15. The van der Waals surface area contributed by atoms with Crippen molar-refractivity contribution in [3.63, 3.8) is 0 Å². The van der Waals surface area contributed by atoms with Crippen LogP contribution in [0.2, 0.25) is 0 Å². The van der Waals surface area contributed by atoms with Gasteiger partial charge in [0.1, 0.15) is 17.6 Å². The number of esters is 1. The Kier molecular flexibility index (Phi) is 14.5. The first kappa shape index (κ1) is 31.1. The van der Waals surface area contributed by atoms with Crippen molar-refractivity contribution in [3.05, 3.63) is 69.8 Å². The number of amides is 1. The molecule has 2 aromatic carbocycles. The van der Waals surface area contributed by atoms with Gasteiger partial charge in [0, 0.05) is 6.54 Å². The van der Waals surface area contributed by atoms with Crippen LogP contribution in [-0.2, 0) is 32.0 Å². The molecular weight excluding hydrogens is 508 g/mol. The summed E-state index contributed by atoms with van der Waals surface area (Å²) in [5.41, 5.74) is 1.96. The topological polar surface area (TPSA) is 143 Å². The summed E-state index contributed by atoms with van der Waals surface area (Å²) in [5.74, 6) is 0.341. The number of hydrogen-bond acceptors (Lipinski definition) is 9. The molecule has 212 valence electrons. The van der Waals surface area contributed by atoms with E-state index in [0.29, 0.717) is 56.6 Å². The van der Waals surface area contributed by atoms with Crippen LogP contribution in [0.5, 0.6) is 11.5 Å². The maximum atomic E-state index is 12.4. The molecule has 1 atom stereocenters. The number of unbranched alkanes of at least 4 members (excludes halogenated alkanes) is 2. The second-order valence-corrected chi connectivity index (χ2v) is 8.90. The van der Waals surface area contributed by atoms with E-state index in [9.17, 15) is 24.5 Å². The third kappa shape index (κ3) is 13.8. The maximum Gasteiger partial charge on any atom is 0.412 e. The van der Waals surface area contributed by atoms with Gasteiger partial charge in [-0.05, 0) is 80.3 Å². The Hall–Kier alpha value is -4.15. The number of aryl methyl sites for hydroxylation is 2. The molecule has 0 bridgehead atoms. The standard InChI is InChI=1S/C28H36N2O9/c1-2-3-9-22-10-6-14-25(18-22)38-27(32)20-24(36-21-31)13-4-5-16-29-28(33)39-26-15-7-11-23(19-26)12-8-17-37-30(34)35/h6-7,10-11,14-15,18-19,21,24H,2-5,8-9,12-13,16-17,20H2,1H3,(H,29,33). The molecule has 0 radical (unpaired) electrons. The number of nitrogens with one attached hydrogen (secondary N) is 1. The molecule has 0 heterocycles. The fraction of sp³-hybridized carbons (Fsp3) is 0.464. The number of carbonyl (C=O) groups excluding carboxylic acids is 3. The highest BCUT2D eigenvalue weighted by molar-refractivity contribution is 5.73. The van der Waals surface area contributed by atoms with E-state index in [-0.39, 0.29) is 13.0 Å². The molecule has 0 spiro atoms. The fourth-order valence-corrected chi connectivity index (χ4v) is 3.81. The quantitative estimate of drug-likeness (QED) is 0.0647. The van der Waals surface area contributed by atoms with Crippen LogP contribution < -0.4 is 14.8 Å². The molecule has 2 aromatic rings. The SMILES string of the molecule is CCCCc1cccc(OC(=O)CC(CCCCNC(=O)Oc2cccc(CCCO[N+](=O)[O-])c2)OC=O)c1. The van der Waals surface area contributed by atoms with Crippen LogP contribution >= 0.6 is 0 Å². The Morgan fingerprint density at radius 3 is 2.28 bits per heavy atom. The Balaban J connectivity index is 1.67. The third-order valence-corrected chi connectivity index (χ3v) is 5.73. The predicted molar refractivity (Wildman–Crippen MR) is 142 cm³/mol. The third-order valence-electron chi connectivity index (χ3n) is 5.73. The summed E-state index contributed by atoms with van der Waals surface area (Å²) in [6.45, 7) is 2.76. The van der Waals surface area contributed by atoms with Crippen LogP contribution in [0.3, 0.4) is 0 Å². The molecule has 0 aliphatic carbocycles. The van der Waals surface area contributed by atoms with Crippen molar-refractivity contribution in [1.29, 1.82) is 0 Å². The van der Waals surface area contributed by atoms with E-state index >= 15 is 0 Å². The zero-order valence-corrected chi connectivity index (χ0v) is 22.2. The average molecular weight is 545 g/mol. The normalized spacial score (nSPS) is 11.2. The van der Waals surface area contributed by atoms with Crippen LogP contribution in [0.25, 0.3) is 0 Å². The predicted octanol–water partition coefficient (Wildman–Crippen LogP) is 4.97. The largest absolute Gasteiger partial charge is 0.464 e. The van der Waals surface area contributed by atoms with E-state index in [2.05, 4.69) is 17.1 Å². The molecule has 2 rings (SSSR count). The van der Waals surface area contributed by atoms with Gasteiger partial charge in [0.2, 0.25) is 0 Å². The van der Waals surface area contributed by atoms with E-state index in [0.717, 1.165) is 30.4 Å². The van der Waals surface area contributed by atoms with Gasteiger partial charge < -0.3 is 24.4 Å². The van der Waals surface area contributed by atoms with E-state index in [1.165, 1.54) is 0 Å². The van der Waals surface area contributed by atoms with Gasteiger partial charge in [0.15, 0.2) is 0 Å². The summed E-state index contributed by atoms with van der Waals surface area (Å²) in [6.07, 6.45) is 4.34. The van der Waals surface area contributed by atoms with Crippen molar-refractivity contribution in [3.8, 4) is 11.5 Å². The Morgan fingerprint density at radius 1 is 0.974 bits per heavy atom. The molecule has 1 N–H and O–H groups in total. The molecule has 11 nitrogen and oxygen atoms in total. The molecule has 0 saturated heterocycles. The summed E-state index contributed by atoms with van der Waals surface area (Å²) in [5, 5.41) is 12.0. The number of nitrogens with zero attached hydrogens (tertiary/aromatic N) is 1. The zero-order valence-electron chi connectivity index (χ0n) is 22.2. The zero-order chi connectivity index (χ0) is 28.3. The molecule has 1 unspecified atom stereocenters. The van der Waals surface area contributed by atoms with Crippen molar-refractivity contribution >= 4 is 18.5 Å². The molecule has 11 heteroatoms. The molecule has 0 aliphatic rings. The van der Waals surface area contributed by atoms with E-state index < -0.39 is 23.3 Å². The van der Waals surface area contributed by atoms with Crippen LogP contribution in [0.1, 0.15) is 63.0 Å². The van der Waals surface area contributed by atoms with Crippen molar-refractivity contribution in [2.24, 2.45) is 0 Å². The summed E-state index contributed by atoms with van der Waals surface area (Å²) in [7, 11) is 0. The van der Waals surface area contributed by atoms with Crippen LogP contribution in [-0.4, -0.2) is 42.9 Å². The summed E-state index contributed by atoms with van der Waals surface area (Å²) in [4.78, 5) is 49.9. The fourth-order valence-electron chi connectivity index (χ4n) is 3.81. The van der Waals surface area contributed by atoms with Gasteiger partial charge in [-0.1, -0.05) is 37.6 Å². The second-order valence-electron chi connectivity index (χ2n) is 8.90. The van der Waals surface area contributed by atoms with Crippen molar-refractivity contribution in [2.75, 3.05) is 13.2 Å². The Labute approximate surface area is 227 Å². The molecule has 0 aliphatic heterocycles. The minimum Gasteiger partial charge on any atom is -0.464 e. The molecule has 1 amide bonds. The monoisotopic (exact) mass is 544 g/mol. The molecule has 39 heavy (non-hydrogen) atoms. The lowest BCUT2D eigenvalue weighted by Crippen LogP contribution is -2.28. The van der Waals surface area contributed by atoms with E-state index in [1.54, 1.807) is 24.3 Å². The average Bonchev–Trinajstić information content (AvgIpc) is 2.90. The molecular formula is C28H36N2O9. The van der Waals surface area contributed by atoms with Crippen LogP contribution in [0.4, 0.5) is 4.79 Å². The maximum absolute atomic E-state index is 12.4. The number of ether oxygens (including phenoxy) is 3. The summed E-state index contributed by atoms with van der Waals surface area (Å²) >= 11 is 0. The highest BCUT2D eigenvalue weighted by atomic mass is 16.9. The number of hydrogen-bond donors (Lipinski definition) is 1. The summed E-state index contributed by atoms with van der Waals surface area (Å²) in [6, 6.07) is 14.3. The van der Waals surface area contributed by atoms with Crippen molar-refractivity contribution in [2.45, 2.75) is 70.8 Å². The van der Waals surface area contributed by atoms with Crippen LogP contribution in [0, 0.1) is 10.1 Å². The van der Waals surface area contributed by atoms with Gasteiger partial charge in [0.25, 0.3) is 11.6 Å². The van der Waals surface area contributed by atoms with Crippen molar-refractivity contribution < 1.29 is 38.5 Å².